The number of hydrogen-bond acceptors (Lipinski definition) is 3. The fourth-order valence-corrected chi connectivity index (χ4v) is 2.48. The molecule has 0 spiro atoms. The SMILES string of the molecule is C[C@H](N)CN1CCOC(C)(C2CC2)C1. The summed E-state index contributed by atoms with van der Waals surface area (Å²) in [5, 5.41) is 0. The molecule has 2 rings (SSSR count). The minimum atomic E-state index is 0.118. The molecule has 1 saturated heterocycles. The zero-order valence-electron chi connectivity index (χ0n) is 9.33. The van der Waals surface area contributed by atoms with Crippen LogP contribution in [0.3, 0.4) is 0 Å². The highest BCUT2D eigenvalue weighted by Crippen LogP contribution is 2.43. The molecule has 0 radical (unpaired) electrons. The summed E-state index contributed by atoms with van der Waals surface area (Å²) in [6.45, 7) is 8.33. The van der Waals surface area contributed by atoms with Gasteiger partial charge in [0.05, 0.1) is 12.2 Å². The van der Waals surface area contributed by atoms with E-state index in [-0.39, 0.29) is 11.6 Å². The Hall–Kier alpha value is -0.120. The van der Waals surface area contributed by atoms with Crippen molar-refractivity contribution in [2.75, 3.05) is 26.2 Å². The van der Waals surface area contributed by atoms with Crippen molar-refractivity contribution in [1.29, 1.82) is 0 Å². The van der Waals surface area contributed by atoms with E-state index in [2.05, 4.69) is 18.7 Å². The lowest BCUT2D eigenvalue weighted by atomic mass is 9.97. The summed E-state index contributed by atoms with van der Waals surface area (Å²) < 4.78 is 5.92. The highest BCUT2D eigenvalue weighted by atomic mass is 16.5. The van der Waals surface area contributed by atoms with Crippen LogP contribution in [0, 0.1) is 5.92 Å². The Kier molecular flexibility index (Phi) is 2.82. The first kappa shape index (κ1) is 10.4. The van der Waals surface area contributed by atoms with Gasteiger partial charge >= 0.3 is 0 Å². The average molecular weight is 198 g/mol. The van der Waals surface area contributed by atoms with Crippen molar-refractivity contribution >= 4 is 0 Å². The molecule has 1 saturated carbocycles. The molecule has 1 heterocycles. The first-order valence-electron chi connectivity index (χ1n) is 5.72. The second-order valence-electron chi connectivity index (χ2n) is 5.15. The van der Waals surface area contributed by atoms with Crippen molar-refractivity contribution in [3.8, 4) is 0 Å². The van der Waals surface area contributed by atoms with Gasteiger partial charge in [-0.25, -0.2) is 0 Å². The number of nitrogens with two attached hydrogens (primary N) is 1. The zero-order valence-corrected chi connectivity index (χ0v) is 9.33. The summed E-state index contributed by atoms with van der Waals surface area (Å²) in [6.07, 6.45) is 2.70. The Balaban J connectivity index is 1.89. The van der Waals surface area contributed by atoms with Crippen LogP contribution in [0.5, 0.6) is 0 Å². The monoisotopic (exact) mass is 198 g/mol. The smallest absolute Gasteiger partial charge is 0.0809 e. The van der Waals surface area contributed by atoms with E-state index in [1.54, 1.807) is 0 Å². The summed E-state index contributed by atoms with van der Waals surface area (Å²) in [4.78, 5) is 2.45. The van der Waals surface area contributed by atoms with Crippen molar-refractivity contribution in [2.24, 2.45) is 11.7 Å². The van der Waals surface area contributed by atoms with E-state index >= 15 is 0 Å². The lowest BCUT2D eigenvalue weighted by molar-refractivity contribution is -0.111. The van der Waals surface area contributed by atoms with Gasteiger partial charge in [-0.15, -0.1) is 0 Å². The largest absolute Gasteiger partial charge is 0.372 e. The molecule has 3 heteroatoms. The lowest BCUT2D eigenvalue weighted by Gasteiger charge is -2.41. The molecule has 1 aliphatic carbocycles. The predicted octanol–water partition coefficient (Wildman–Crippen LogP) is 0.834. The van der Waals surface area contributed by atoms with Crippen LogP contribution in [-0.2, 0) is 4.74 Å². The molecular formula is C11H22N2O. The molecule has 0 amide bonds. The van der Waals surface area contributed by atoms with Crippen LogP contribution in [0.15, 0.2) is 0 Å². The molecule has 14 heavy (non-hydrogen) atoms. The Bertz CT molecular complexity index is 203. The third-order valence-electron chi connectivity index (χ3n) is 3.36. The quantitative estimate of drug-likeness (QED) is 0.730. The van der Waals surface area contributed by atoms with Gasteiger partial charge < -0.3 is 10.5 Å². The highest BCUT2D eigenvalue weighted by molar-refractivity contribution is 4.97. The molecule has 1 unspecified atom stereocenters. The first-order valence-corrected chi connectivity index (χ1v) is 5.72. The van der Waals surface area contributed by atoms with Crippen LogP contribution < -0.4 is 5.73 Å². The van der Waals surface area contributed by atoms with Gasteiger partial charge in [-0.05, 0) is 32.6 Å². The Morgan fingerprint density at radius 3 is 2.86 bits per heavy atom. The molecule has 2 atom stereocenters. The van der Waals surface area contributed by atoms with Crippen LogP contribution in [0.2, 0.25) is 0 Å². The third kappa shape index (κ3) is 2.27. The van der Waals surface area contributed by atoms with E-state index in [0.717, 1.165) is 32.2 Å². The molecule has 0 aromatic carbocycles. The topological polar surface area (TPSA) is 38.5 Å². The van der Waals surface area contributed by atoms with Gasteiger partial charge in [-0.2, -0.15) is 0 Å². The van der Waals surface area contributed by atoms with E-state index < -0.39 is 0 Å². The molecule has 2 N–H and O–H groups in total. The maximum absolute atomic E-state index is 5.92. The summed E-state index contributed by atoms with van der Waals surface area (Å²) in [5.41, 5.74) is 5.94. The molecular weight excluding hydrogens is 176 g/mol. The second kappa shape index (κ2) is 3.80. The summed E-state index contributed by atoms with van der Waals surface area (Å²) in [5.74, 6) is 0.804. The normalized spacial score (nSPS) is 37.1. The highest BCUT2D eigenvalue weighted by Gasteiger charge is 2.45. The zero-order chi connectivity index (χ0) is 10.2. The van der Waals surface area contributed by atoms with Crippen LogP contribution in [0.25, 0.3) is 0 Å². The fraction of sp³-hybridized carbons (Fsp3) is 1.00. The summed E-state index contributed by atoms with van der Waals surface area (Å²) in [7, 11) is 0. The van der Waals surface area contributed by atoms with Crippen molar-refractivity contribution in [3.63, 3.8) is 0 Å². The van der Waals surface area contributed by atoms with E-state index in [1.807, 2.05) is 0 Å². The van der Waals surface area contributed by atoms with Gasteiger partial charge in [-0.1, -0.05) is 0 Å². The fourth-order valence-electron chi connectivity index (χ4n) is 2.48. The van der Waals surface area contributed by atoms with Crippen LogP contribution in [-0.4, -0.2) is 42.8 Å². The number of ether oxygens (including phenoxy) is 1. The maximum Gasteiger partial charge on any atom is 0.0809 e. The predicted molar refractivity (Wildman–Crippen MR) is 57.2 cm³/mol. The van der Waals surface area contributed by atoms with Gasteiger partial charge in [0.15, 0.2) is 0 Å². The summed E-state index contributed by atoms with van der Waals surface area (Å²) in [6, 6.07) is 0.275. The van der Waals surface area contributed by atoms with Gasteiger partial charge in [0.2, 0.25) is 0 Å². The van der Waals surface area contributed by atoms with E-state index in [0.29, 0.717) is 0 Å². The Labute approximate surface area is 86.6 Å². The van der Waals surface area contributed by atoms with Crippen molar-refractivity contribution in [1.82, 2.24) is 4.90 Å². The van der Waals surface area contributed by atoms with Crippen LogP contribution in [0.4, 0.5) is 0 Å². The van der Waals surface area contributed by atoms with Gasteiger partial charge in [0, 0.05) is 25.7 Å². The van der Waals surface area contributed by atoms with Crippen molar-refractivity contribution < 1.29 is 4.74 Å². The van der Waals surface area contributed by atoms with Gasteiger partial charge in [-0.3, -0.25) is 4.90 Å². The lowest BCUT2D eigenvalue weighted by Crippen LogP contribution is -2.53. The first-order chi connectivity index (χ1) is 6.60. The van der Waals surface area contributed by atoms with E-state index in [1.165, 1.54) is 12.8 Å². The van der Waals surface area contributed by atoms with Gasteiger partial charge in [0.1, 0.15) is 0 Å². The number of morpholine rings is 1. The van der Waals surface area contributed by atoms with Crippen LogP contribution in [0.1, 0.15) is 26.7 Å². The average Bonchev–Trinajstić information content (AvgIpc) is 2.84. The van der Waals surface area contributed by atoms with Gasteiger partial charge in [0.25, 0.3) is 0 Å². The third-order valence-corrected chi connectivity index (χ3v) is 3.36. The molecule has 0 aromatic rings. The molecule has 2 aliphatic rings. The molecule has 3 nitrogen and oxygen atoms in total. The molecule has 2 fully saturated rings. The van der Waals surface area contributed by atoms with Crippen molar-refractivity contribution in [2.45, 2.75) is 38.3 Å². The molecule has 1 aliphatic heterocycles. The Morgan fingerprint density at radius 1 is 1.57 bits per heavy atom. The van der Waals surface area contributed by atoms with Crippen LogP contribution >= 0.6 is 0 Å². The maximum atomic E-state index is 5.92. The number of hydrogen-bond donors (Lipinski definition) is 1. The molecule has 0 aromatic heterocycles. The van der Waals surface area contributed by atoms with E-state index in [9.17, 15) is 0 Å². The summed E-state index contributed by atoms with van der Waals surface area (Å²) >= 11 is 0. The number of rotatable bonds is 3. The standard InChI is InChI=1S/C11H22N2O/c1-9(12)7-13-5-6-14-11(2,8-13)10-3-4-10/h9-10H,3-8,12H2,1-2H3/t9-,11?/m0/s1. The van der Waals surface area contributed by atoms with E-state index in [4.69, 9.17) is 10.5 Å². The minimum Gasteiger partial charge on any atom is -0.372 e. The van der Waals surface area contributed by atoms with Crippen molar-refractivity contribution in [3.05, 3.63) is 0 Å². The molecule has 82 valence electrons. The Morgan fingerprint density at radius 2 is 2.29 bits per heavy atom. The molecule has 0 bridgehead atoms. The second-order valence-corrected chi connectivity index (χ2v) is 5.15. The minimum absolute atomic E-state index is 0.118. The number of nitrogens with zero attached hydrogens (tertiary/aromatic N) is 1.